The highest BCUT2D eigenvalue weighted by molar-refractivity contribution is 5.37. The van der Waals surface area contributed by atoms with E-state index in [1.807, 2.05) is 20.8 Å². The number of alkyl halides is 1. The van der Waals surface area contributed by atoms with Gasteiger partial charge in [0.1, 0.15) is 11.8 Å². The largest absolute Gasteiger partial charge is 0.462 e. The minimum atomic E-state index is -0.859. The van der Waals surface area contributed by atoms with Crippen molar-refractivity contribution in [3.63, 3.8) is 0 Å². The minimum Gasteiger partial charge on any atom is -0.462 e. The van der Waals surface area contributed by atoms with E-state index >= 15 is 0 Å². The van der Waals surface area contributed by atoms with Crippen LogP contribution in [-0.2, 0) is 9.53 Å². The van der Waals surface area contributed by atoms with Crippen LogP contribution in [0.3, 0.4) is 0 Å². The Bertz CT molecular complexity index is 184. The summed E-state index contributed by atoms with van der Waals surface area (Å²) in [5, 5.41) is 11.9. The van der Waals surface area contributed by atoms with Crippen LogP contribution in [0.1, 0.15) is 33.6 Å². The van der Waals surface area contributed by atoms with Gasteiger partial charge in [-0.1, -0.05) is 0 Å². The molecule has 0 saturated carbocycles. The predicted octanol–water partition coefficient (Wildman–Crippen LogP) is 1.03. The number of aliphatic hydroxyl groups excluding tert-OH is 1. The fourth-order valence-electron chi connectivity index (χ4n) is 1.17. The van der Waals surface area contributed by atoms with Crippen LogP contribution in [0.2, 0.25) is 0 Å². The number of carbonyl (C=O) groups excluding carboxylic acids is 1. The van der Waals surface area contributed by atoms with Crippen LogP contribution in [-0.4, -0.2) is 42.5 Å². The monoisotopic (exact) mass is 235 g/mol. The molecule has 16 heavy (non-hydrogen) atoms. The number of nitrogens with one attached hydrogen (secondary N) is 1. The molecule has 0 aromatic carbocycles. The van der Waals surface area contributed by atoms with Crippen molar-refractivity contribution in [2.75, 3.05) is 13.1 Å². The number of aliphatic hydroxyl groups is 1. The van der Waals surface area contributed by atoms with Crippen molar-refractivity contribution in [2.45, 2.75) is 51.5 Å². The van der Waals surface area contributed by atoms with Crippen molar-refractivity contribution >= 4 is 6.47 Å². The topological polar surface area (TPSA) is 58.6 Å². The van der Waals surface area contributed by atoms with Crippen molar-refractivity contribution < 1.29 is 19.0 Å². The van der Waals surface area contributed by atoms with Gasteiger partial charge in [0.25, 0.3) is 6.47 Å². The molecule has 1 aliphatic heterocycles. The second-order valence-corrected chi connectivity index (χ2v) is 4.81. The Kier molecular flexibility index (Phi) is 7.25. The van der Waals surface area contributed by atoms with Crippen LogP contribution in [0.4, 0.5) is 4.39 Å². The Hall–Kier alpha value is -0.680. The highest BCUT2D eigenvalue weighted by Gasteiger charge is 2.16. The number of rotatable bonds is 1. The number of ether oxygens (including phenoxy) is 1. The second-order valence-electron chi connectivity index (χ2n) is 4.81. The Labute approximate surface area is 96.2 Å². The molecule has 0 aromatic heterocycles. The maximum atomic E-state index is 12.5. The van der Waals surface area contributed by atoms with Gasteiger partial charge in [-0.15, -0.1) is 0 Å². The average molecular weight is 235 g/mol. The molecular weight excluding hydrogens is 213 g/mol. The first-order valence-electron chi connectivity index (χ1n) is 5.49. The van der Waals surface area contributed by atoms with Crippen LogP contribution in [0.25, 0.3) is 0 Å². The molecule has 1 saturated heterocycles. The predicted molar refractivity (Wildman–Crippen MR) is 59.9 cm³/mol. The molecule has 1 rings (SSSR count). The van der Waals surface area contributed by atoms with E-state index < -0.39 is 12.3 Å². The third kappa shape index (κ3) is 9.86. The molecule has 1 fully saturated rings. The summed E-state index contributed by atoms with van der Waals surface area (Å²) in [7, 11) is 0. The molecular formula is C11H22FNO3. The number of hydrogen-bond acceptors (Lipinski definition) is 4. The first-order valence-corrected chi connectivity index (χ1v) is 5.49. The molecule has 4 nitrogen and oxygen atoms in total. The zero-order chi connectivity index (χ0) is 12.6. The molecule has 1 aliphatic rings. The molecule has 1 heterocycles. The smallest absolute Gasteiger partial charge is 0.293 e. The third-order valence-electron chi connectivity index (χ3n) is 1.95. The van der Waals surface area contributed by atoms with Crippen LogP contribution < -0.4 is 5.32 Å². The maximum Gasteiger partial charge on any atom is 0.293 e. The van der Waals surface area contributed by atoms with Gasteiger partial charge in [-0.3, -0.25) is 4.79 Å². The molecule has 0 aromatic rings. The summed E-state index contributed by atoms with van der Waals surface area (Å²) >= 11 is 0. The SMILES string of the molecule is CC(C)(C)OC=O.OC1CCNCC(F)C1. The first kappa shape index (κ1) is 15.3. The van der Waals surface area contributed by atoms with E-state index in [-0.39, 0.29) is 5.60 Å². The lowest BCUT2D eigenvalue weighted by atomic mass is 10.1. The Morgan fingerprint density at radius 1 is 1.50 bits per heavy atom. The van der Waals surface area contributed by atoms with Crippen molar-refractivity contribution in [1.82, 2.24) is 5.32 Å². The summed E-state index contributed by atoms with van der Waals surface area (Å²) in [6, 6.07) is 0. The standard InChI is InChI=1S/C6H12FNO.C5H10O2/c7-5-3-6(9)1-2-8-4-5;1-5(2,3)7-4-6/h5-6,8-9H,1-4H2;4H,1-3H3. The fraction of sp³-hybridized carbons (Fsp3) is 0.909. The van der Waals surface area contributed by atoms with E-state index in [0.29, 0.717) is 25.9 Å². The van der Waals surface area contributed by atoms with Gasteiger partial charge >= 0.3 is 0 Å². The van der Waals surface area contributed by atoms with Gasteiger partial charge in [-0.25, -0.2) is 4.39 Å². The van der Waals surface area contributed by atoms with Crippen LogP contribution in [0, 0.1) is 0 Å². The maximum absolute atomic E-state index is 12.5. The molecule has 2 atom stereocenters. The van der Waals surface area contributed by atoms with Crippen molar-refractivity contribution in [3.8, 4) is 0 Å². The molecule has 2 unspecified atom stereocenters. The zero-order valence-corrected chi connectivity index (χ0v) is 10.2. The Balaban J connectivity index is 0.000000293. The minimum absolute atomic E-state index is 0.299. The molecule has 0 bridgehead atoms. The third-order valence-corrected chi connectivity index (χ3v) is 1.95. The van der Waals surface area contributed by atoms with E-state index in [4.69, 9.17) is 5.11 Å². The summed E-state index contributed by atoms with van der Waals surface area (Å²) in [5.74, 6) is 0. The number of halogens is 1. The average Bonchev–Trinajstić information content (AvgIpc) is 2.28. The summed E-state index contributed by atoms with van der Waals surface area (Å²) in [6.45, 7) is 7.06. The van der Waals surface area contributed by atoms with Crippen LogP contribution in [0.5, 0.6) is 0 Å². The van der Waals surface area contributed by atoms with E-state index in [1.165, 1.54) is 0 Å². The molecule has 5 heteroatoms. The summed E-state index contributed by atoms with van der Waals surface area (Å²) in [4.78, 5) is 9.60. The van der Waals surface area contributed by atoms with Gasteiger partial charge in [0.05, 0.1) is 6.10 Å². The Morgan fingerprint density at radius 3 is 2.56 bits per heavy atom. The van der Waals surface area contributed by atoms with E-state index in [2.05, 4.69) is 10.1 Å². The number of hydrogen-bond donors (Lipinski definition) is 2. The van der Waals surface area contributed by atoms with Gasteiger partial charge in [-0.05, 0) is 33.7 Å². The summed E-state index contributed by atoms with van der Waals surface area (Å²) in [6.07, 6.45) is -0.314. The highest BCUT2D eigenvalue weighted by Crippen LogP contribution is 2.07. The molecule has 2 N–H and O–H groups in total. The first-order chi connectivity index (χ1) is 7.35. The van der Waals surface area contributed by atoms with Gasteiger partial charge < -0.3 is 15.2 Å². The molecule has 0 spiro atoms. The lowest BCUT2D eigenvalue weighted by Crippen LogP contribution is -2.21. The molecule has 0 radical (unpaired) electrons. The van der Waals surface area contributed by atoms with Crippen LogP contribution >= 0.6 is 0 Å². The quantitative estimate of drug-likeness (QED) is 0.666. The van der Waals surface area contributed by atoms with Gasteiger partial charge in [-0.2, -0.15) is 0 Å². The molecule has 0 aliphatic carbocycles. The summed E-state index contributed by atoms with van der Waals surface area (Å²) < 4.78 is 17.0. The van der Waals surface area contributed by atoms with Crippen molar-refractivity contribution in [2.24, 2.45) is 0 Å². The van der Waals surface area contributed by atoms with Gasteiger partial charge in [0.2, 0.25) is 0 Å². The van der Waals surface area contributed by atoms with Gasteiger partial charge in [0, 0.05) is 13.0 Å². The van der Waals surface area contributed by atoms with Crippen molar-refractivity contribution in [3.05, 3.63) is 0 Å². The fourth-order valence-corrected chi connectivity index (χ4v) is 1.17. The van der Waals surface area contributed by atoms with Crippen LogP contribution in [0.15, 0.2) is 0 Å². The zero-order valence-electron chi connectivity index (χ0n) is 10.2. The highest BCUT2D eigenvalue weighted by atomic mass is 19.1. The molecule has 96 valence electrons. The Morgan fingerprint density at radius 2 is 2.12 bits per heavy atom. The lowest BCUT2D eigenvalue weighted by molar-refractivity contribution is -0.138. The van der Waals surface area contributed by atoms with E-state index in [0.717, 1.165) is 6.54 Å². The number of carbonyl (C=O) groups is 1. The van der Waals surface area contributed by atoms with E-state index in [9.17, 15) is 9.18 Å². The lowest BCUT2D eigenvalue weighted by Gasteiger charge is -2.14. The molecule has 0 amide bonds. The second kappa shape index (κ2) is 7.57. The summed E-state index contributed by atoms with van der Waals surface area (Å²) in [5.41, 5.74) is -0.318. The van der Waals surface area contributed by atoms with E-state index in [1.54, 1.807) is 0 Å². The van der Waals surface area contributed by atoms with Crippen molar-refractivity contribution in [1.29, 1.82) is 0 Å². The normalized spacial score (nSPS) is 26.1. The van der Waals surface area contributed by atoms with Gasteiger partial charge in [0.15, 0.2) is 0 Å².